The summed E-state index contributed by atoms with van der Waals surface area (Å²) in [6, 6.07) is 0.705. The summed E-state index contributed by atoms with van der Waals surface area (Å²) in [5.41, 5.74) is 0. The topological polar surface area (TPSA) is 44.8 Å². The third-order valence-electron chi connectivity index (χ3n) is 4.10. The molecule has 2 aliphatic heterocycles. The minimum Gasteiger partial charge on any atom is -0.450 e. The molecule has 0 aromatic heterocycles. The molecule has 0 aliphatic carbocycles. The van der Waals surface area contributed by atoms with E-state index in [1.54, 1.807) is 0 Å². The van der Waals surface area contributed by atoms with Gasteiger partial charge >= 0.3 is 6.09 Å². The molecule has 1 amide bonds. The zero-order chi connectivity index (χ0) is 13.5. The third kappa shape index (κ3) is 4.66. The SMILES string of the molecule is CCOC(=O)N1CCN(CCC2CCCCN2)CC1. The highest BCUT2D eigenvalue weighted by Crippen LogP contribution is 2.12. The van der Waals surface area contributed by atoms with Crippen molar-refractivity contribution in [2.45, 2.75) is 38.6 Å². The lowest BCUT2D eigenvalue weighted by atomic mass is 10.0. The summed E-state index contributed by atoms with van der Waals surface area (Å²) in [7, 11) is 0. The Labute approximate surface area is 116 Å². The maximum Gasteiger partial charge on any atom is 0.409 e. The molecule has 2 heterocycles. The lowest BCUT2D eigenvalue weighted by Gasteiger charge is -2.35. The highest BCUT2D eigenvalue weighted by Gasteiger charge is 2.22. The van der Waals surface area contributed by atoms with Crippen LogP contribution >= 0.6 is 0 Å². The van der Waals surface area contributed by atoms with Crippen molar-refractivity contribution < 1.29 is 9.53 Å². The highest BCUT2D eigenvalue weighted by atomic mass is 16.6. The van der Waals surface area contributed by atoms with Crippen LogP contribution in [0.5, 0.6) is 0 Å². The minimum absolute atomic E-state index is 0.156. The molecule has 0 spiro atoms. The number of piperazine rings is 1. The van der Waals surface area contributed by atoms with E-state index in [0.29, 0.717) is 12.6 Å². The summed E-state index contributed by atoms with van der Waals surface area (Å²) in [6.07, 6.45) is 5.10. The van der Waals surface area contributed by atoms with Crippen LogP contribution in [0.3, 0.4) is 0 Å². The standard InChI is InChI=1S/C14H27N3O2/c1-2-19-14(18)17-11-9-16(10-12-17)8-6-13-5-3-4-7-15-13/h13,15H,2-12H2,1H3. The van der Waals surface area contributed by atoms with Crippen molar-refractivity contribution in [3.05, 3.63) is 0 Å². The van der Waals surface area contributed by atoms with Crippen molar-refractivity contribution in [1.82, 2.24) is 15.1 Å². The Morgan fingerprint density at radius 3 is 2.68 bits per heavy atom. The molecule has 0 aromatic rings. The van der Waals surface area contributed by atoms with Crippen molar-refractivity contribution in [3.63, 3.8) is 0 Å². The van der Waals surface area contributed by atoms with Crippen LogP contribution in [0.1, 0.15) is 32.6 Å². The second-order valence-electron chi connectivity index (χ2n) is 5.46. The monoisotopic (exact) mass is 269 g/mol. The Hall–Kier alpha value is -0.810. The van der Waals surface area contributed by atoms with Gasteiger partial charge in [0.1, 0.15) is 0 Å². The zero-order valence-electron chi connectivity index (χ0n) is 12.1. The Morgan fingerprint density at radius 2 is 2.05 bits per heavy atom. The molecule has 2 rings (SSSR count). The van der Waals surface area contributed by atoms with E-state index in [4.69, 9.17) is 4.74 Å². The molecule has 2 aliphatic rings. The number of carbonyl (C=O) groups excluding carboxylic acids is 1. The molecule has 1 N–H and O–H groups in total. The number of amides is 1. The Balaban J connectivity index is 1.61. The summed E-state index contributed by atoms with van der Waals surface area (Å²) in [5, 5.41) is 3.59. The zero-order valence-corrected chi connectivity index (χ0v) is 12.1. The summed E-state index contributed by atoms with van der Waals surface area (Å²) in [5.74, 6) is 0. The van der Waals surface area contributed by atoms with E-state index in [0.717, 1.165) is 32.7 Å². The van der Waals surface area contributed by atoms with Crippen LogP contribution in [0.4, 0.5) is 4.79 Å². The predicted octanol–water partition coefficient (Wildman–Crippen LogP) is 1.29. The fourth-order valence-electron chi connectivity index (χ4n) is 2.88. The fraction of sp³-hybridized carbons (Fsp3) is 0.929. The molecule has 5 heteroatoms. The van der Waals surface area contributed by atoms with Crippen LogP contribution in [0.15, 0.2) is 0 Å². The third-order valence-corrected chi connectivity index (χ3v) is 4.10. The van der Waals surface area contributed by atoms with Crippen LogP contribution in [0, 0.1) is 0 Å². The molecule has 5 nitrogen and oxygen atoms in total. The first kappa shape index (κ1) is 14.6. The second kappa shape index (κ2) is 7.70. The van der Waals surface area contributed by atoms with Gasteiger partial charge in [-0.2, -0.15) is 0 Å². The quantitative estimate of drug-likeness (QED) is 0.835. The molecule has 110 valence electrons. The Kier molecular flexibility index (Phi) is 5.92. The molecule has 2 saturated heterocycles. The number of nitrogens with one attached hydrogen (secondary N) is 1. The van der Waals surface area contributed by atoms with Gasteiger partial charge in [0.25, 0.3) is 0 Å². The Morgan fingerprint density at radius 1 is 1.26 bits per heavy atom. The first-order valence-corrected chi connectivity index (χ1v) is 7.67. The molecular formula is C14H27N3O2. The van der Waals surface area contributed by atoms with Gasteiger partial charge in [-0.15, -0.1) is 0 Å². The molecule has 1 unspecified atom stereocenters. The maximum absolute atomic E-state index is 11.6. The first-order valence-electron chi connectivity index (χ1n) is 7.67. The van der Waals surface area contributed by atoms with Gasteiger partial charge in [-0.25, -0.2) is 4.79 Å². The molecule has 0 bridgehead atoms. The number of carbonyl (C=O) groups is 1. The number of nitrogens with zero attached hydrogens (tertiary/aromatic N) is 2. The van der Waals surface area contributed by atoms with Crippen LogP contribution in [-0.2, 0) is 4.74 Å². The molecule has 19 heavy (non-hydrogen) atoms. The minimum atomic E-state index is -0.156. The van der Waals surface area contributed by atoms with Crippen LogP contribution in [0.2, 0.25) is 0 Å². The van der Waals surface area contributed by atoms with Gasteiger partial charge in [0.15, 0.2) is 0 Å². The average molecular weight is 269 g/mol. The molecule has 1 atom stereocenters. The largest absolute Gasteiger partial charge is 0.450 e. The highest BCUT2D eigenvalue weighted by molar-refractivity contribution is 5.67. The lowest BCUT2D eigenvalue weighted by Crippen LogP contribution is -2.49. The first-order chi connectivity index (χ1) is 9.29. The van der Waals surface area contributed by atoms with Gasteiger partial charge in [-0.05, 0) is 39.3 Å². The normalized spacial score (nSPS) is 25.3. The number of hydrogen-bond donors (Lipinski definition) is 1. The van der Waals surface area contributed by atoms with Gasteiger partial charge in [-0.3, -0.25) is 4.90 Å². The van der Waals surface area contributed by atoms with Gasteiger partial charge in [-0.1, -0.05) is 6.42 Å². The maximum atomic E-state index is 11.6. The number of hydrogen-bond acceptors (Lipinski definition) is 4. The van der Waals surface area contributed by atoms with E-state index in [1.807, 2.05) is 11.8 Å². The van der Waals surface area contributed by atoms with Gasteiger partial charge in [0.2, 0.25) is 0 Å². The van der Waals surface area contributed by atoms with Gasteiger partial charge in [0.05, 0.1) is 6.61 Å². The summed E-state index contributed by atoms with van der Waals surface area (Å²) < 4.78 is 5.03. The summed E-state index contributed by atoms with van der Waals surface area (Å²) >= 11 is 0. The summed E-state index contributed by atoms with van der Waals surface area (Å²) in [4.78, 5) is 15.9. The van der Waals surface area contributed by atoms with Crippen molar-refractivity contribution in [2.24, 2.45) is 0 Å². The van der Waals surface area contributed by atoms with Crippen molar-refractivity contribution in [3.8, 4) is 0 Å². The van der Waals surface area contributed by atoms with E-state index in [2.05, 4.69) is 10.2 Å². The second-order valence-corrected chi connectivity index (χ2v) is 5.46. The lowest BCUT2D eigenvalue weighted by molar-refractivity contribution is 0.0782. The molecule has 0 saturated carbocycles. The molecule has 0 aromatic carbocycles. The van der Waals surface area contributed by atoms with Crippen molar-refractivity contribution in [2.75, 3.05) is 45.9 Å². The molecule has 0 radical (unpaired) electrons. The fourth-order valence-corrected chi connectivity index (χ4v) is 2.88. The number of rotatable bonds is 4. The van der Waals surface area contributed by atoms with Crippen LogP contribution in [-0.4, -0.2) is 67.8 Å². The Bertz CT molecular complexity index is 272. The van der Waals surface area contributed by atoms with E-state index in [1.165, 1.54) is 32.2 Å². The van der Waals surface area contributed by atoms with Gasteiger partial charge in [0, 0.05) is 32.2 Å². The van der Waals surface area contributed by atoms with E-state index in [-0.39, 0.29) is 6.09 Å². The van der Waals surface area contributed by atoms with E-state index < -0.39 is 0 Å². The average Bonchev–Trinajstić information content (AvgIpc) is 2.47. The number of ether oxygens (including phenoxy) is 1. The van der Waals surface area contributed by atoms with E-state index in [9.17, 15) is 4.79 Å². The van der Waals surface area contributed by atoms with Crippen LogP contribution < -0.4 is 5.32 Å². The molecular weight excluding hydrogens is 242 g/mol. The smallest absolute Gasteiger partial charge is 0.409 e. The summed E-state index contributed by atoms with van der Waals surface area (Å²) in [6.45, 7) is 8.21. The number of piperidine rings is 1. The molecule has 2 fully saturated rings. The predicted molar refractivity (Wildman–Crippen MR) is 75.3 cm³/mol. The van der Waals surface area contributed by atoms with Gasteiger partial charge < -0.3 is 15.0 Å². The van der Waals surface area contributed by atoms with Crippen molar-refractivity contribution >= 4 is 6.09 Å². The van der Waals surface area contributed by atoms with E-state index >= 15 is 0 Å². The van der Waals surface area contributed by atoms with Crippen LogP contribution in [0.25, 0.3) is 0 Å². The van der Waals surface area contributed by atoms with Crippen molar-refractivity contribution in [1.29, 1.82) is 0 Å².